The Hall–Kier alpha value is -1.85. The van der Waals surface area contributed by atoms with Crippen LogP contribution in [0, 0.1) is 5.41 Å². The van der Waals surface area contributed by atoms with Gasteiger partial charge in [0, 0.05) is 12.1 Å². The van der Waals surface area contributed by atoms with Crippen molar-refractivity contribution in [2.45, 2.75) is 46.8 Å². The number of benzene rings is 2. The van der Waals surface area contributed by atoms with Gasteiger partial charge in [-0.05, 0) is 21.4 Å². The van der Waals surface area contributed by atoms with Crippen molar-refractivity contribution in [3.8, 4) is 0 Å². The van der Waals surface area contributed by atoms with Crippen molar-refractivity contribution in [2.24, 2.45) is 5.41 Å². The van der Waals surface area contributed by atoms with Crippen LogP contribution in [0.4, 0.5) is 0 Å². The second-order valence-corrected chi connectivity index (χ2v) is 17.5. The predicted octanol–water partition coefficient (Wildman–Crippen LogP) is 4.92. The van der Waals surface area contributed by atoms with Crippen LogP contribution in [0.1, 0.15) is 27.2 Å². The Bertz CT molecular complexity index is 785. The molecule has 27 heavy (non-hydrogen) atoms. The summed E-state index contributed by atoms with van der Waals surface area (Å²) in [7, 11) is -3.16. The monoisotopic (exact) mass is 391 g/mol. The highest BCUT2D eigenvalue weighted by Crippen LogP contribution is 2.38. The van der Waals surface area contributed by atoms with Gasteiger partial charge >= 0.3 is 0 Å². The van der Waals surface area contributed by atoms with Gasteiger partial charge in [0.25, 0.3) is 0 Å². The van der Waals surface area contributed by atoms with E-state index in [1.54, 1.807) is 5.70 Å². The van der Waals surface area contributed by atoms with Gasteiger partial charge in [-0.15, -0.1) is 0 Å². The van der Waals surface area contributed by atoms with Crippen molar-refractivity contribution in [3.63, 3.8) is 0 Å². The first-order valence-electron chi connectivity index (χ1n) is 9.99. The normalized spacial score (nSPS) is 14.9. The van der Waals surface area contributed by atoms with Gasteiger partial charge in [0.15, 0.2) is 8.96 Å². The minimum atomic E-state index is -1.60. The maximum absolute atomic E-state index is 2.93. The largest absolute Gasteiger partial charge is 0.423 e. The molecule has 0 aromatic heterocycles. The molecule has 0 atom stereocenters. The highest BCUT2D eigenvalue weighted by molar-refractivity contribution is 6.94. The Morgan fingerprint density at radius 3 is 1.70 bits per heavy atom. The molecule has 1 aliphatic rings. The Labute approximate surface area is 168 Å². The summed E-state index contributed by atoms with van der Waals surface area (Å²) < 4.78 is 2.93. The third-order valence-electron chi connectivity index (χ3n) is 5.22. The summed E-state index contributed by atoms with van der Waals surface area (Å²) in [5.74, 6) is 0. The number of hydrogen-bond acceptors (Lipinski definition) is 1. The highest BCUT2D eigenvalue weighted by Gasteiger charge is 2.38. The number of allylic oxidation sites excluding steroid dienone is 3. The predicted molar refractivity (Wildman–Crippen MR) is 125 cm³/mol. The Kier molecular flexibility index (Phi) is 5.64. The van der Waals surface area contributed by atoms with E-state index in [2.05, 4.69) is 117 Å². The minimum absolute atomic E-state index is 0.173. The van der Waals surface area contributed by atoms with Gasteiger partial charge in [0.05, 0.1) is 0 Å². The molecule has 142 valence electrons. The smallest absolute Gasteiger partial charge is 0.195 e. The van der Waals surface area contributed by atoms with E-state index in [-0.39, 0.29) is 5.41 Å². The van der Waals surface area contributed by atoms with Crippen LogP contribution in [-0.4, -0.2) is 21.4 Å². The number of rotatable bonds is 5. The molecule has 1 nitrogen and oxygen atoms in total. The average Bonchev–Trinajstić information content (AvgIpc) is 3.09. The average molecular weight is 392 g/mol. The van der Waals surface area contributed by atoms with Crippen molar-refractivity contribution in [2.75, 3.05) is 0 Å². The fraction of sp³-hybridized carbons (Fsp3) is 0.333. The third-order valence-corrected chi connectivity index (χ3v) is 12.9. The molecule has 3 heteroatoms. The first-order valence-corrected chi connectivity index (χ1v) is 15.1. The quantitative estimate of drug-likeness (QED) is 0.654. The number of hydrogen-bond donors (Lipinski definition) is 0. The zero-order valence-electron chi connectivity index (χ0n) is 17.7. The molecule has 0 unspecified atom stereocenters. The van der Waals surface area contributed by atoms with Crippen LogP contribution in [0.3, 0.4) is 0 Å². The van der Waals surface area contributed by atoms with E-state index in [0.29, 0.717) is 0 Å². The molecule has 0 radical (unpaired) electrons. The van der Waals surface area contributed by atoms with Gasteiger partial charge in [-0.3, -0.25) is 0 Å². The minimum Gasteiger partial charge on any atom is -0.423 e. The van der Waals surface area contributed by atoms with Crippen LogP contribution >= 0.6 is 0 Å². The number of nitrogens with zero attached hydrogens (tertiary/aromatic N) is 1. The molecule has 0 bridgehead atoms. The van der Waals surface area contributed by atoms with E-state index in [1.807, 2.05) is 0 Å². The highest BCUT2D eigenvalue weighted by atomic mass is 28.4. The van der Waals surface area contributed by atoms with Gasteiger partial charge in [-0.1, -0.05) is 113 Å². The third kappa shape index (κ3) is 4.36. The zero-order chi connectivity index (χ0) is 19.7. The van der Waals surface area contributed by atoms with Crippen molar-refractivity contribution in [1.29, 1.82) is 0 Å². The zero-order valence-corrected chi connectivity index (χ0v) is 19.8. The molecular weight excluding hydrogens is 358 g/mol. The molecule has 2 aromatic rings. The molecule has 3 rings (SSSR count). The van der Waals surface area contributed by atoms with Crippen molar-refractivity contribution in [3.05, 3.63) is 84.1 Å². The van der Waals surface area contributed by atoms with Crippen LogP contribution in [0.5, 0.6) is 0 Å². The second kappa shape index (κ2) is 7.65. The summed E-state index contributed by atoms with van der Waals surface area (Å²) in [5, 5.41) is 3.03. The van der Waals surface area contributed by atoms with E-state index in [1.165, 1.54) is 15.9 Å². The van der Waals surface area contributed by atoms with Crippen LogP contribution < -0.4 is 10.4 Å². The maximum atomic E-state index is 2.93. The summed E-state index contributed by atoms with van der Waals surface area (Å²) in [6, 6.07) is 22.4. The lowest BCUT2D eigenvalue weighted by Crippen LogP contribution is -2.64. The Morgan fingerprint density at radius 1 is 0.815 bits per heavy atom. The summed E-state index contributed by atoms with van der Waals surface area (Å²) in [5.41, 5.74) is 3.27. The van der Waals surface area contributed by atoms with Gasteiger partial charge in [-0.25, -0.2) is 0 Å². The molecule has 1 aliphatic carbocycles. The van der Waals surface area contributed by atoms with E-state index >= 15 is 0 Å². The fourth-order valence-corrected chi connectivity index (χ4v) is 11.8. The Balaban J connectivity index is 2.23. The molecular formula is C24H33NSi2. The summed E-state index contributed by atoms with van der Waals surface area (Å²) in [6.45, 7) is 14.6. The summed E-state index contributed by atoms with van der Waals surface area (Å²) >= 11 is 0. The lowest BCUT2D eigenvalue weighted by molar-refractivity contribution is 0.503. The molecule has 0 amide bonds. The molecule has 0 fully saturated rings. The van der Waals surface area contributed by atoms with Crippen LogP contribution in [-0.2, 0) is 0 Å². The van der Waals surface area contributed by atoms with Crippen LogP contribution in [0.25, 0.3) is 0 Å². The lowest BCUT2D eigenvalue weighted by atomic mass is 9.86. The molecule has 0 spiro atoms. The van der Waals surface area contributed by atoms with E-state index < -0.39 is 17.2 Å². The fourth-order valence-electron chi connectivity index (χ4n) is 4.11. The van der Waals surface area contributed by atoms with Gasteiger partial charge < -0.3 is 4.23 Å². The Morgan fingerprint density at radius 2 is 1.30 bits per heavy atom. The van der Waals surface area contributed by atoms with Gasteiger partial charge in [0.1, 0.15) is 8.24 Å². The van der Waals surface area contributed by atoms with E-state index in [9.17, 15) is 0 Å². The van der Waals surface area contributed by atoms with Crippen LogP contribution in [0.15, 0.2) is 84.1 Å². The van der Waals surface area contributed by atoms with Crippen LogP contribution in [0.2, 0.25) is 19.6 Å². The van der Waals surface area contributed by atoms with Crippen molar-refractivity contribution < 1.29 is 0 Å². The topological polar surface area (TPSA) is 3.24 Å². The summed E-state index contributed by atoms with van der Waals surface area (Å²) in [6.07, 6.45) is 5.81. The first kappa shape index (κ1) is 19.9. The van der Waals surface area contributed by atoms with Gasteiger partial charge in [0.2, 0.25) is 0 Å². The molecule has 0 N–H and O–H groups in total. The van der Waals surface area contributed by atoms with E-state index in [4.69, 9.17) is 0 Å². The van der Waals surface area contributed by atoms with Crippen molar-refractivity contribution >= 4 is 27.6 Å². The van der Waals surface area contributed by atoms with Gasteiger partial charge in [-0.2, -0.15) is 0 Å². The van der Waals surface area contributed by atoms with E-state index in [0.717, 1.165) is 6.42 Å². The molecule has 2 aromatic carbocycles. The second-order valence-electron chi connectivity index (χ2n) is 9.48. The first-order chi connectivity index (χ1) is 12.7. The maximum Gasteiger partial charge on any atom is 0.195 e. The molecule has 0 aliphatic heterocycles. The standard InChI is InChI=1S/C24H33NSi2/c1-24(2,3)22-18-13-19-23(22)25(27(4,5)6)26(20-14-9-7-10-15-20)21-16-11-8-12-17-21/h7-18,26H,19H2,1-6H3. The summed E-state index contributed by atoms with van der Waals surface area (Å²) in [4.78, 5) is 0. The van der Waals surface area contributed by atoms with Crippen molar-refractivity contribution in [1.82, 2.24) is 4.23 Å². The molecule has 0 heterocycles. The molecule has 0 saturated carbocycles. The SMILES string of the molecule is CC(C)(C)C1=C(N([SiH](c2ccccc2)c2ccccc2)[Si](C)(C)C)CC=C1. The molecule has 0 saturated heterocycles. The lowest BCUT2D eigenvalue weighted by Gasteiger charge is -2.45.